The summed E-state index contributed by atoms with van der Waals surface area (Å²) in [6, 6.07) is 7.04. The van der Waals surface area contributed by atoms with Gasteiger partial charge in [-0.15, -0.1) is 0 Å². The zero-order valence-electron chi connectivity index (χ0n) is 10.7. The number of amides is 1. The highest BCUT2D eigenvalue weighted by atomic mass is 35.5. The van der Waals surface area contributed by atoms with Crippen molar-refractivity contribution in [1.29, 1.82) is 0 Å². The molecule has 0 aliphatic carbocycles. The van der Waals surface area contributed by atoms with Gasteiger partial charge in [-0.1, -0.05) is 17.7 Å². The Morgan fingerprint density at radius 2 is 2.30 bits per heavy atom. The quantitative estimate of drug-likeness (QED) is 0.387. The van der Waals surface area contributed by atoms with Crippen molar-refractivity contribution in [3.8, 4) is 0 Å². The number of hydrogen-bond acceptors (Lipinski definition) is 3. The van der Waals surface area contributed by atoms with Gasteiger partial charge < -0.3 is 15.8 Å². The van der Waals surface area contributed by atoms with Crippen molar-refractivity contribution >= 4 is 34.4 Å². The van der Waals surface area contributed by atoms with Crippen LogP contribution < -0.4 is 11.1 Å². The molecule has 0 aliphatic heterocycles. The second-order valence-electron chi connectivity index (χ2n) is 4.18. The van der Waals surface area contributed by atoms with E-state index < -0.39 is 0 Å². The number of benzene rings is 1. The maximum absolute atomic E-state index is 12.0. The number of halogens is 1. The first-order valence-corrected chi connectivity index (χ1v) is 6.49. The van der Waals surface area contributed by atoms with E-state index in [0.717, 1.165) is 10.9 Å². The third kappa shape index (κ3) is 3.28. The van der Waals surface area contributed by atoms with Crippen LogP contribution in [-0.2, 0) is 0 Å². The van der Waals surface area contributed by atoms with Crippen LogP contribution in [0.25, 0.3) is 10.9 Å². The van der Waals surface area contributed by atoms with Crippen LogP contribution in [0.5, 0.6) is 0 Å². The van der Waals surface area contributed by atoms with Crippen LogP contribution in [0.2, 0.25) is 5.02 Å². The van der Waals surface area contributed by atoms with E-state index in [-0.39, 0.29) is 18.5 Å². The van der Waals surface area contributed by atoms with E-state index >= 15 is 0 Å². The summed E-state index contributed by atoms with van der Waals surface area (Å²) in [7, 11) is 0. The van der Waals surface area contributed by atoms with Crippen LogP contribution in [0.1, 0.15) is 16.9 Å². The van der Waals surface area contributed by atoms with Crippen LogP contribution in [0.3, 0.4) is 0 Å². The summed E-state index contributed by atoms with van der Waals surface area (Å²) in [5.41, 5.74) is 6.70. The maximum Gasteiger partial charge on any atom is 0.274 e. The number of aliphatic imine (C=N–C) groups is 1. The minimum absolute atomic E-state index is 0.0215. The van der Waals surface area contributed by atoms with Gasteiger partial charge in [-0.3, -0.25) is 15.1 Å². The fraction of sp³-hybridized carbons (Fsp3) is 0.231. The lowest BCUT2D eigenvalue weighted by molar-refractivity contribution is 0.0972. The number of aliphatic hydroxyl groups excluding tert-OH is 1. The predicted molar refractivity (Wildman–Crippen MR) is 79.0 cm³/mol. The molecule has 0 unspecified atom stereocenters. The number of guanidine groups is 1. The zero-order valence-corrected chi connectivity index (χ0v) is 11.4. The second-order valence-corrected chi connectivity index (χ2v) is 4.59. The summed E-state index contributed by atoms with van der Waals surface area (Å²) >= 11 is 6.04. The van der Waals surface area contributed by atoms with Crippen molar-refractivity contribution in [1.82, 2.24) is 10.3 Å². The minimum atomic E-state index is -0.387. The molecule has 7 heteroatoms. The van der Waals surface area contributed by atoms with E-state index in [2.05, 4.69) is 15.3 Å². The number of nitrogens with two attached hydrogens (primary N) is 1. The summed E-state index contributed by atoms with van der Waals surface area (Å²) in [5.74, 6) is -0.365. The van der Waals surface area contributed by atoms with Gasteiger partial charge in [-0.05, 0) is 24.6 Å². The molecule has 1 heterocycles. The average Bonchev–Trinajstić information content (AvgIpc) is 2.84. The van der Waals surface area contributed by atoms with Crippen LogP contribution in [-0.4, -0.2) is 35.1 Å². The van der Waals surface area contributed by atoms with Gasteiger partial charge in [0.15, 0.2) is 5.96 Å². The number of nitrogens with one attached hydrogen (secondary N) is 2. The highest BCUT2D eigenvalue weighted by molar-refractivity contribution is 6.35. The van der Waals surface area contributed by atoms with Crippen molar-refractivity contribution in [2.24, 2.45) is 10.7 Å². The predicted octanol–water partition coefficient (Wildman–Crippen LogP) is 1.25. The van der Waals surface area contributed by atoms with Gasteiger partial charge in [0.05, 0.1) is 0 Å². The Morgan fingerprint density at radius 3 is 3.00 bits per heavy atom. The van der Waals surface area contributed by atoms with E-state index in [1.807, 2.05) is 6.07 Å². The Morgan fingerprint density at radius 1 is 1.50 bits per heavy atom. The number of carbonyl (C=O) groups is 1. The highest BCUT2D eigenvalue weighted by Crippen LogP contribution is 2.23. The molecule has 0 fully saturated rings. The molecule has 106 valence electrons. The first kappa shape index (κ1) is 14.4. The lowest BCUT2D eigenvalue weighted by atomic mass is 10.2. The summed E-state index contributed by atoms with van der Waals surface area (Å²) in [5, 5.41) is 12.4. The number of nitrogens with zero attached hydrogens (tertiary/aromatic N) is 1. The van der Waals surface area contributed by atoms with Gasteiger partial charge in [-0.25, -0.2) is 0 Å². The summed E-state index contributed by atoms with van der Waals surface area (Å²) in [6.45, 7) is 0.395. The van der Waals surface area contributed by atoms with Gasteiger partial charge in [0, 0.05) is 29.1 Å². The van der Waals surface area contributed by atoms with Crippen LogP contribution >= 0.6 is 11.6 Å². The maximum atomic E-state index is 12.0. The normalized spacial score (nSPS) is 11.8. The van der Waals surface area contributed by atoms with Crippen molar-refractivity contribution in [3.05, 3.63) is 35.0 Å². The number of hydrogen-bond donors (Lipinski definition) is 4. The molecule has 0 radical (unpaired) electrons. The molecule has 2 aromatic rings. The highest BCUT2D eigenvalue weighted by Gasteiger charge is 2.11. The van der Waals surface area contributed by atoms with E-state index in [1.54, 1.807) is 18.2 Å². The first-order chi connectivity index (χ1) is 9.61. The Labute approximate surface area is 120 Å². The van der Waals surface area contributed by atoms with Crippen LogP contribution in [0, 0.1) is 0 Å². The second kappa shape index (κ2) is 6.40. The molecular formula is C13H15ClN4O2. The lowest BCUT2D eigenvalue weighted by Gasteiger charge is -2.02. The standard InChI is InChI=1S/C13H15ClN4O2/c14-9-3-1-4-10-8(9)7-11(17-10)12(20)18-13(15)16-5-2-6-19/h1,3-4,7,17,19H,2,5-6H2,(H3,15,16,18,20). The Hall–Kier alpha value is -2.05. The molecule has 0 aliphatic rings. The molecule has 0 saturated heterocycles. The Balaban J connectivity index is 2.11. The van der Waals surface area contributed by atoms with E-state index in [9.17, 15) is 4.79 Å². The number of fused-ring (bicyclic) bond motifs is 1. The summed E-state index contributed by atoms with van der Waals surface area (Å²) < 4.78 is 0. The fourth-order valence-electron chi connectivity index (χ4n) is 1.73. The molecule has 0 saturated carbocycles. The van der Waals surface area contributed by atoms with Gasteiger partial charge in [-0.2, -0.15) is 0 Å². The zero-order chi connectivity index (χ0) is 14.5. The molecular weight excluding hydrogens is 280 g/mol. The summed E-state index contributed by atoms with van der Waals surface area (Å²) in [4.78, 5) is 18.8. The lowest BCUT2D eigenvalue weighted by Crippen LogP contribution is -2.37. The van der Waals surface area contributed by atoms with Crippen molar-refractivity contribution in [2.45, 2.75) is 6.42 Å². The molecule has 1 aromatic carbocycles. The molecule has 20 heavy (non-hydrogen) atoms. The van der Waals surface area contributed by atoms with Gasteiger partial charge in [0.1, 0.15) is 5.69 Å². The topological polar surface area (TPSA) is 104 Å². The Bertz CT molecular complexity index is 651. The largest absolute Gasteiger partial charge is 0.396 e. The number of carbonyl (C=O) groups excluding carboxylic acids is 1. The van der Waals surface area contributed by atoms with Gasteiger partial charge in [0.2, 0.25) is 0 Å². The number of aliphatic hydroxyl groups is 1. The minimum Gasteiger partial charge on any atom is -0.396 e. The van der Waals surface area contributed by atoms with Crippen LogP contribution in [0.4, 0.5) is 0 Å². The number of aromatic nitrogens is 1. The molecule has 0 bridgehead atoms. The number of H-pyrrole nitrogens is 1. The van der Waals surface area contributed by atoms with Gasteiger partial charge >= 0.3 is 0 Å². The molecule has 1 amide bonds. The van der Waals surface area contributed by atoms with Crippen molar-refractivity contribution in [3.63, 3.8) is 0 Å². The third-order valence-corrected chi connectivity index (χ3v) is 3.03. The van der Waals surface area contributed by atoms with E-state index in [4.69, 9.17) is 22.4 Å². The fourth-order valence-corrected chi connectivity index (χ4v) is 1.96. The molecule has 5 N–H and O–H groups in total. The Kier molecular flexibility index (Phi) is 4.60. The molecule has 0 atom stereocenters. The van der Waals surface area contributed by atoms with E-state index in [0.29, 0.717) is 23.7 Å². The summed E-state index contributed by atoms with van der Waals surface area (Å²) in [6.07, 6.45) is 0.499. The first-order valence-electron chi connectivity index (χ1n) is 6.11. The number of aromatic amines is 1. The molecule has 1 aromatic heterocycles. The third-order valence-electron chi connectivity index (χ3n) is 2.70. The SMILES string of the molecule is NC(=NCCCO)NC(=O)c1cc2c(Cl)cccc2[nH]1. The van der Waals surface area contributed by atoms with Gasteiger partial charge in [0.25, 0.3) is 5.91 Å². The smallest absolute Gasteiger partial charge is 0.274 e. The van der Waals surface area contributed by atoms with Crippen molar-refractivity contribution < 1.29 is 9.90 Å². The molecule has 0 spiro atoms. The van der Waals surface area contributed by atoms with E-state index in [1.165, 1.54) is 0 Å². The molecule has 6 nitrogen and oxygen atoms in total. The van der Waals surface area contributed by atoms with Crippen LogP contribution in [0.15, 0.2) is 29.3 Å². The average molecular weight is 295 g/mol. The van der Waals surface area contributed by atoms with Crippen molar-refractivity contribution in [2.75, 3.05) is 13.2 Å². The molecule has 2 rings (SSSR count). The number of rotatable bonds is 4. The monoisotopic (exact) mass is 294 g/mol.